The number of nitrogens with zero attached hydrogens (tertiary/aromatic N) is 1. The summed E-state index contributed by atoms with van der Waals surface area (Å²) in [5.41, 5.74) is 1.53. The normalized spacial score (nSPS) is 10.9. The molecule has 9 nitrogen and oxygen atoms in total. The van der Waals surface area contributed by atoms with Gasteiger partial charge in [0, 0.05) is 6.07 Å². The van der Waals surface area contributed by atoms with Gasteiger partial charge < -0.3 is 4.74 Å². The van der Waals surface area contributed by atoms with Gasteiger partial charge in [0.05, 0.1) is 9.82 Å². The highest BCUT2D eigenvalue weighted by atomic mass is 32.2. The standard InChI is InChI=1S/C14H12FN3O6S/c15-10-4-3-5-11(8-10)25(22,23)17-16-14(19)9-24-13-7-2-1-6-12(13)18(20)21/h1-8,17H,9H2,(H,16,19). The van der Waals surface area contributed by atoms with Crippen LogP contribution in [0.5, 0.6) is 5.75 Å². The summed E-state index contributed by atoms with van der Waals surface area (Å²) >= 11 is 0. The lowest BCUT2D eigenvalue weighted by molar-refractivity contribution is -0.385. The molecule has 0 heterocycles. The number of sulfonamides is 1. The molecule has 132 valence electrons. The van der Waals surface area contributed by atoms with E-state index >= 15 is 0 Å². The molecule has 2 rings (SSSR count). The molecular formula is C14H12FN3O6S. The lowest BCUT2D eigenvalue weighted by atomic mass is 10.3. The number of hydrogen-bond acceptors (Lipinski definition) is 6. The van der Waals surface area contributed by atoms with Crippen LogP contribution in [-0.4, -0.2) is 25.9 Å². The van der Waals surface area contributed by atoms with Crippen LogP contribution in [0.2, 0.25) is 0 Å². The number of amides is 1. The van der Waals surface area contributed by atoms with E-state index in [9.17, 15) is 27.7 Å². The average molecular weight is 369 g/mol. The molecule has 2 N–H and O–H groups in total. The first kappa shape index (κ1) is 18.3. The number of nitro groups is 1. The van der Waals surface area contributed by atoms with E-state index in [2.05, 4.69) is 0 Å². The van der Waals surface area contributed by atoms with Gasteiger partial charge in [-0.1, -0.05) is 18.2 Å². The highest BCUT2D eigenvalue weighted by molar-refractivity contribution is 7.89. The Balaban J connectivity index is 1.94. The number of halogens is 1. The first-order valence-electron chi connectivity index (χ1n) is 6.72. The zero-order valence-corrected chi connectivity index (χ0v) is 13.3. The number of hydrogen-bond donors (Lipinski definition) is 2. The highest BCUT2D eigenvalue weighted by Crippen LogP contribution is 2.25. The van der Waals surface area contributed by atoms with Gasteiger partial charge in [-0.3, -0.25) is 20.3 Å². The van der Waals surface area contributed by atoms with E-state index < -0.39 is 33.3 Å². The van der Waals surface area contributed by atoms with Gasteiger partial charge in [-0.05, 0) is 24.3 Å². The molecule has 0 saturated carbocycles. The molecule has 0 aliphatic heterocycles. The third-order valence-corrected chi connectivity index (χ3v) is 4.10. The molecular weight excluding hydrogens is 357 g/mol. The highest BCUT2D eigenvalue weighted by Gasteiger charge is 2.17. The number of para-hydroxylation sites is 2. The Morgan fingerprint density at radius 1 is 1.20 bits per heavy atom. The van der Waals surface area contributed by atoms with Crippen LogP contribution in [0, 0.1) is 15.9 Å². The van der Waals surface area contributed by atoms with E-state index in [0.29, 0.717) is 0 Å². The maximum Gasteiger partial charge on any atom is 0.310 e. The smallest absolute Gasteiger partial charge is 0.310 e. The Kier molecular flexibility index (Phi) is 5.62. The van der Waals surface area contributed by atoms with Gasteiger partial charge in [-0.2, -0.15) is 0 Å². The van der Waals surface area contributed by atoms with E-state index in [1.165, 1.54) is 30.3 Å². The van der Waals surface area contributed by atoms with Crippen LogP contribution in [0.3, 0.4) is 0 Å². The van der Waals surface area contributed by atoms with Gasteiger partial charge in [-0.15, -0.1) is 4.83 Å². The van der Waals surface area contributed by atoms with E-state index in [-0.39, 0.29) is 16.3 Å². The van der Waals surface area contributed by atoms with Crippen LogP contribution in [-0.2, 0) is 14.8 Å². The van der Waals surface area contributed by atoms with Crippen LogP contribution in [0.4, 0.5) is 10.1 Å². The number of benzene rings is 2. The van der Waals surface area contributed by atoms with Crippen molar-refractivity contribution in [2.75, 3.05) is 6.61 Å². The molecule has 0 spiro atoms. The molecule has 0 fully saturated rings. The molecule has 2 aromatic carbocycles. The summed E-state index contributed by atoms with van der Waals surface area (Å²) in [5, 5.41) is 10.8. The minimum atomic E-state index is -4.17. The largest absolute Gasteiger partial charge is 0.477 e. The van der Waals surface area contributed by atoms with Crippen molar-refractivity contribution in [1.82, 2.24) is 10.3 Å². The van der Waals surface area contributed by atoms with Crippen molar-refractivity contribution in [1.29, 1.82) is 0 Å². The predicted molar refractivity (Wildman–Crippen MR) is 83.5 cm³/mol. The fourth-order valence-electron chi connectivity index (χ4n) is 1.73. The third-order valence-electron chi connectivity index (χ3n) is 2.85. The zero-order valence-electron chi connectivity index (χ0n) is 12.5. The molecule has 0 aliphatic rings. The number of ether oxygens (including phenoxy) is 1. The number of nitro benzene ring substituents is 1. The number of carbonyl (C=O) groups is 1. The summed E-state index contributed by atoms with van der Waals surface area (Å²) in [7, 11) is -4.17. The minimum Gasteiger partial charge on any atom is -0.477 e. The van der Waals surface area contributed by atoms with E-state index in [0.717, 1.165) is 18.2 Å². The lowest BCUT2D eigenvalue weighted by Gasteiger charge is -2.09. The molecule has 0 unspecified atom stereocenters. The van der Waals surface area contributed by atoms with Gasteiger partial charge in [0.25, 0.3) is 15.9 Å². The van der Waals surface area contributed by atoms with E-state index in [4.69, 9.17) is 4.74 Å². The van der Waals surface area contributed by atoms with Crippen molar-refractivity contribution in [3.63, 3.8) is 0 Å². The van der Waals surface area contributed by atoms with Crippen molar-refractivity contribution in [2.45, 2.75) is 4.90 Å². The van der Waals surface area contributed by atoms with E-state index in [1.807, 2.05) is 5.43 Å². The second kappa shape index (κ2) is 7.68. The first-order valence-corrected chi connectivity index (χ1v) is 8.20. The summed E-state index contributed by atoms with van der Waals surface area (Å²) < 4.78 is 41.8. The maximum absolute atomic E-state index is 13.1. The first-order chi connectivity index (χ1) is 11.8. The molecule has 0 bridgehead atoms. The average Bonchev–Trinajstić information content (AvgIpc) is 2.58. The summed E-state index contributed by atoms with van der Waals surface area (Å²) in [6, 6.07) is 9.58. The second-order valence-electron chi connectivity index (χ2n) is 4.62. The van der Waals surface area contributed by atoms with Gasteiger partial charge in [0.15, 0.2) is 12.4 Å². The van der Waals surface area contributed by atoms with Crippen molar-refractivity contribution in [2.24, 2.45) is 0 Å². The molecule has 0 atom stereocenters. The monoisotopic (exact) mass is 369 g/mol. The predicted octanol–water partition coefficient (Wildman–Crippen LogP) is 1.12. The molecule has 0 aliphatic carbocycles. The van der Waals surface area contributed by atoms with Crippen molar-refractivity contribution < 1.29 is 27.3 Å². The molecule has 1 amide bonds. The Morgan fingerprint density at radius 3 is 2.60 bits per heavy atom. The quantitative estimate of drug-likeness (QED) is 0.556. The van der Waals surface area contributed by atoms with Crippen LogP contribution >= 0.6 is 0 Å². The van der Waals surface area contributed by atoms with Crippen LogP contribution in [0.1, 0.15) is 0 Å². The number of hydrazine groups is 1. The van der Waals surface area contributed by atoms with Crippen molar-refractivity contribution in [3.8, 4) is 5.75 Å². The van der Waals surface area contributed by atoms with Gasteiger partial charge in [0.1, 0.15) is 5.82 Å². The molecule has 0 aromatic heterocycles. The van der Waals surface area contributed by atoms with Gasteiger partial charge >= 0.3 is 5.69 Å². The van der Waals surface area contributed by atoms with Crippen molar-refractivity contribution >= 4 is 21.6 Å². The van der Waals surface area contributed by atoms with Gasteiger partial charge in [0.2, 0.25) is 0 Å². The Labute approximate surface area is 141 Å². The number of carbonyl (C=O) groups excluding carboxylic acids is 1. The fourth-order valence-corrected chi connectivity index (χ4v) is 2.62. The number of nitrogens with one attached hydrogen (secondary N) is 2. The molecule has 0 saturated heterocycles. The summed E-state index contributed by atoms with van der Waals surface area (Å²) in [6.45, 7) is -0.670. The van der Waals surface area contributed by atoms with E-state index in [1.54, 1.807) is 4.83 Å². The van der Waals surface area contributed by atoms with Gasteiger partial charge in [-0.25, -0.2) is 12.8 Å². The number of rotatable bonds is 7. The Hall–Kier alpha value is -3.05. The Bertz CT molecular complexity index is 903. The Morgan fingerprint density at radius 2 is 1.92 bits per heavy atom. The molecule has 25 heavy (non-hydrogen) atoms. The zero-order chi connectivity index (χ0) is 18.4. The SMILES string of the molecule is O=C(COc1ccccc1[N+](=O)[O-])NNS(=O)(=O)c1cccc(F)c1. The van der Waals surface area contributed by atoms with Crippen molar-refractivity contribution in [3.05, 3.63) is 64.5 Å². The van der Waals surface area contributed by atoms with Crippen LogP contribution in [0.25, 0.3) is 0 Å². The fraction of sp³-hybridized carbons (Fsp3) is 0.0714. The third kappa shape index (κ3) is 4.96. The lowest BCUT2D eigenvalue weighted by Crippen LogP contribution is -2.43. The molecule has 11 heteroatoms. The molecule has 0 radical (unpaired) electrons. The topological polar surface area (TPSA) is 128 Å². The minimum absolute atomic E-state index is 0.143. The molecule has 2 aromatic rings. The summed E-state index contributed by atoms with van der Waals surface area (Å²) in [6.07, 6.45) is 0. The second-order valence-corrected chi connectivity index (χ2v) is 6.31. The summed E-state index contributed by atoms with van der Waals surface area (Å²) in [5.74, 6) is -1.80. The summed E-state index contributed by atoms with van der Waals surface area (Å²) in [4.78, 5) is 23.2. The van der Waals surface area contributed by atoms with Crippen LogP contribution in [0.15, 0.2) is 53.4 Å². The maximum atomic E-state index is 13.1. The van der Waals surface area contributed by atoms with Crippen LogP contribution < -0.4 is 15.0 Å².